The Balaban J connectivity index is 2.20. The lowest BCUT2D eigenvalue weighted by atomic mass is 10.3. The number of esters is 1. The Morgan fingerprint density at radius 2 is 1.95 bits per heavy atom. The molecule has 19 heavy (non-hydrogen) atoms. The molecule has 0 unspecified atom stereocenters. The maximum atomic E-state index is 11.8. The lowest BCUT2D eigenvalue weighted by molar-refractivity contribution is 0.0687. The van der Waals surface area contributed by atoms with Crippen molar-refractivity contribution in [2.75, 3.05) is 0 Å². The molecule has 0 spiro atoms. The maximum Gasteiger partial charge on any atom is 0.362 e. The Hall–Kier alpha value is -2.34. The van der Waals surface area contributed by atoms with Crippen LogP contribution in [0.1, 0.15) is 21.0 Å². The minimum Gasteiger partial charge on any atom is -0.476 e. The Morgan fingerprint density at radius 1 is 1.32 bits per heavy atom. The summed E-state index contributed by atoms with van der Waals surface area (Å²) in [5, 5.41) is 13.0. The minimum absolute atomic E-state index is 0.0485. The van der Waals surface area contributed by atoms with Crippen molar-refractivity contribution in [3.05, 3.63) is 46.7 Å². The molecular formula is C12H9ClN2O4. The van der Waals surface area contributed by atoms with Crippen LogP contribution in [0.2, 0.25) is 5.02 Å². The first kappa shape index (κ1) is 13.1. The molecule has 98 valence electrons. The highest BCUT2D eigenvalue weighted by atomic mass is 35.5. The average Bonchev–Trinajstić information content (AvgIpc) is 2.74. The SMILES string of the molecule is Cn1nc(C(=O)O)cc1C(=O)Oc1ccc(Cl)cc1. The van der Waals surface area contributed by atoms with Gasteiger partial charge < -0.3 is 9.84 Å². The third kappa shape index (κ3) is 2.92. The second-order valence-corrected chi connectivity index (χ2v) is 4.12. The number of carboxylic acids is 1. The zero-order chi connectivity index (χ0) is 14.0. The molecule has 1 heterocycles. The van der Waals surface area contributed by atoms with Gasteiger partial charge in [0.25, 0.3) is 0 Å². The number of hydrogen-bond acceptors (Lipinski definition) is 4. The predicted octanol–water partition coefficient (Wildman–Crippen LogP) is 1.99. The van der Waals surface area contributed by atoms with Crippen LogP contribution in [-0.2, 0) is 7.05 Å². The summed E-state index contributed by atoms with van der Waals surface area (Å²) in [6.45, 7) is 0. The summed E-state index contributed by atoms with van der Waals surface area (Å²) in [4.78, 5) is 22.6. The maximum absolute atomic E-state index is 11.8. The highest BCUT2D eigenvalue weighted by Gasteiger charge is 2.18. The number of hydrogen-bond donors (Lipinski definition) is 1. The van der Waals surface area contributed by atoms with E-state index in [1.807, 2.05) is 0 Å². The van der Waals surface area contributed by atoms with E-state index in [1.54, 1.807) is 12.1 Å². The summed E-state index contributed by atoms with van der Waals surface area (Å²) >= 11 is 5.71. The van der Waals surface area contributed by atoms with Crippen LogP contribution < -0.4 is 4.74 Å². The monoisotopic (exact) mass is 280 g/mol. The molecule has 7 heteroatoms. The van der Waals surface area contributed by atoms with Gasteiger partial charge in [0.1, 0.15) is 11.4 Å². The van der Waals surface area contributed by atoms with Crippen molar-refractivity contribution >= 4 is 23.5 Å². The number of carbonyl (C=O) groups excluding carboxylic acids is 1. The number of aromatic nitrogens is 2. The van der Waals surface area contributed by atoms with Gasteiger partial charge in [-0.3, -0.25) is 4.68 Å². The van der Waals surface area contributed by atoms with Gasteiger partial charge in [0.2, 0.25) is 0 Å². The van der Waals surface area contributed by atoms with Crippen LogP contribution in [0.25, 0.3) is 0 Å². The molecule has 2 aromatic rings. The van der Waals surface area contributed by atoms with Crippen molar-refractivity contribution in [1.29, 1.82) is 0 Å². The van der Waals surface area contributed by atoms with E-state index in [0.29, 0.717) is 10.8 Å². The molecule has 0 radical (unpaired) electrons. The lowest BCUT2D eigenvalue weighted by Gasteiger charge is -2.03. The number of rotatable bonds is 3. The lowest BCUT2D eigenvalue weighted by Crippen LogP contribution is -2.13. The summed E-state index contributed by atoms with van der Waals surface area (Å²) in [6, 6.07) is 7.39. The first-order valence-corrected chi connectivity index (χ1v) is 5.60. The smallest absolute Gasteiger partial charge is 0.362 e. The van der Waals surface area contributed by atoms with E-state index in [0.717, 1.165) is 10.7 Å². The van der Waals surface area contributed by atoms with Crippen molar-refractivity contribution in [3.63, 3.8) is 0 Å². The van der Waals surface area contributed by atoms with E-state index in [-0.39, 0.29) is 11.4 Å². The fraction of sp³-hybridized carbons (Fsp3) is 0.0833. The van der Waals surface area contributed by atoms with Crippen LogP contribution in [0.3, 0.4) is 0 Å². The molecule has 0 saturated heterocycles. The Labute approximate surface area is 113 Å². The molecule has 6 nitrogen and oxygen atoms in total. The number of aromatic carboxylic acids is 1. The first-order chi connectivity index (χ1) is 8.97. The number of aryl methyl sites for hydroxylation is 1. The fourth-order valence-corrected chi connectivity index (χ4v) is 1.55. The van der Waals surface area contributed by atoms with Crippen LogP contribution in [0, 0.1) is 0 Å². The van der Waals surface area contributed by atoms with Gasteiger partial charge in [0.15, 0.2) is 5.69 Å². The molecule has 1 aromatic heterocycles. The summed E-state index contributed by atoms with van der Waals surface area (Å²) in [5.41, 5.74) is -0.169. The quantitative estimate of drug-likeness (QED) is 0.687. The molecule has 0 atom stereocenters. The van der Waals surface area contributed by atoms with Crippen LogP contribution in [0.15, 0.2) is 30.3 Å². The number of nitrogens with zero attached hydrogens (tertiary/aromatic N) is 2. The van der Waals surface area contributed by atoms with Crippen molar-refractivity contribution in [1.82, 2.24) is 9.78 Å². The third-order valence-electron chi connectivity index (χ3n) is 2.33. The van der Waals surface area contributed by atoms with Crippen molar-refractivity contribution < 1.29 is 19.4 Å². The molecule has 1 N–H and O–H groups in total. The number of carboxylic acid groups (broad SMARTS) is 1. The second-order valence-electron chi connectivity index (χ2n) is 3.69. The largest absolute Gasteiger partial charge is 0.476 e. The number of benzene rings is 1. The van der Waals surface area contributed by atoms with Gasteiger partial charge in [-0.15, -0.1) is 0 Å². The normalized spacial score (nSPS) is 10.2. The zero-order valence-electron chi connectivity index (χ0n) is 9.83. The average molecular weight is 281 g/mol. The van der Waals surface area contributed by atoms with Gasteiger partial charge in [-0.05, 0) is 24.3 Å². The van der Waals surface area contributed by atoms with E-state index in [2.05, 4.69) is 5.10 Å². The van der Waals surface area contributed by atoms with Gasteiger partial charge in [-0.1, -0.05) is 11.6 Å². The highest BCUT2D eigenvalue weighted by molar-refractivity contribution is 6.30. The Kier molecular flexibility index (Phi) is 3.52. The molecule has 1 aromatic carbocycles. The summed E-state index contributed by atoms with van der Waals surface area (Å²) in [5.74, 6) is -1.58. The van der Waals surface area contributed by atoms with E-state index in [4.69, 9.17) is 21.4 Å². The van der Waals surface area contributed by atoms with Gasteiger partial charge in [0, 0.05) is 18.1 Å². The topological polar surface area (TPSA) is 81.4 Å². The molecule has 0 bridgehead atoms. The summed E-state index contributed by atoms with van der Waals surface area (Å²) in [6.07, 6.45) is 0. The number of halogens is 1. The van der Waals surface area contributed by atoms with Crippen LogP contribution >= 0.6 is 11.6 Å². The van der Waals surface area contributed by atoms with Gasteiger partial charge in [-0.25, -0.2) is 9.59 Å². The van der Waals surface area contributed by atoms with Gasteiger partial charge >= 0.3 is 11.9 Å². The van der Waals surface area contributed by atoms with E-state index in [1.165, 1.54) is 19.2 Å². The van der Waals surface area contributed by atoms with E-state index >= 15 is 0 Å². The molecule has 0 saturated carbocycles. The summed E-state index contributed by atoms with van der Waals surface area (Å²) < 4.78 is 6.23. The van der Waals surface area contributed by atoms with Crippen molar-refractivity contribution in [2.24, 2.45) is 7.05 Å². The standard InChI is InChI=1S/C12H9ClN2O4/c1-15-10(6-9(14-15)11(16)17)12(18)19-8-4-2-7(13)3-5-8/h2-6H,1H3,(H,16,17). The summed E-state index contributed by atoms with van der Waals surface area (Å²) in [7, 11) is 1.46. The van der Waals surface area contributed by atoms with E-state index in [9.17, 15) is 9.59 Å². The van der Waals surface area contributed by atoms with Crippen molar-refractivity contribution in [3.8, 4) is 5.75 Å². The molecule has 0 amide bonds. The minimum atomic E-state index is -1.21. The van der Waals surface area contributed by atoms with Crippen LogP contribution in [0.5, 0.6) is 5.75 Å². The van der Waals surface area contributed by atoms with Gasteiger partial charge in [-0.2, -0.15) is 5.10 Å². The Bertz CT molecular complexity index is 634. The predicted molar refractivity (Wildman–Crippen MR) is 66.6 cm³/mol. The van der Waals surface area contributed by atoms with Crippen molar-refractivity contribution in [2.45, 2.75) is 0 Å². The third-order valence-corrected chi connectivity index (χ3v) is 2.58. The van der Waals surface area contributed by atoms with Crippen LogP contribution in [0.4, 0.5) is 0 Å². The van der Waals surface area contributed by atoms with Gasteiger partial charge in [0.05, 0.1) is 0 Å². The molecule has 2 rings (SSSR count). The number of ether oxygens (including phenoxy) is 1. The Morgan fingerprint density at radius 3 is 2.47 bits per heavy atom. The second kappa shape index (κ2) is 5.11. The fourth-order valence-electron chi connectivity index (χ4n) is 1.42. The molecule has 0 aliphatic heterocycles. The highest BCUT2D eigenvalue weighted by Crippen LogP contribution is 2.17. The van der Waals surface area contributed by atoms with E-state index < -0.39 is 11.9 Å². The first-order valence-electron chi connectivity index (χ1n) is 5.22. The number of carbonyl (C=O) groups is 2. The molecule has 0 aliphatic rings. The molecular weight excluding hydrogens is 272 g/mol. The molecule has 0 fully saturated rings. The molecule has 0 aliphatic carbocycles. The zero-order valence-corrected chi connectivity index (χ0v) is 10.6. The van der Waals surface area contributed by atoms with Crippen LogP contribution in [-0.4, -0.2) is 26.8 Å².